The number of hydrogen-bond donors (Lipinski definition) is 2. The van der Waals surface area contributed by atoms with Crippen molar-refractivity contribution in [2.45, 2.75) is 63.1 Å². The van der Waals surface area contributed by atoms with Gasteiger partial charge in [-0.25, -0.2) is 0 Å². The van der Waals surface area contributed by atoms with Gasteiger partial charge < -0.3 is 10.4 Å². The largest absolute Gasteiger partial charge is 0.393 e. The van der Waals surface area contributed by atoms with E-state index < -0.39 is 0 Å². The zero-order chi connectivity index (χ0) is 12.4. The van der Waals surface area contributed by atoms with Crippen molar-refractivity contribution in [1.29, 1.82) is 0 Å². The summed E-state index contributed by atoms with van der Waals surface area (Å²) < 4.78 is 0. The van der Waals surface area contributed by atoms with Crippen LogP contribution in [0.1, 0.15) is 55.6 Å². The molecule has 3 rings (SSSR count). The number of rotatable bonds is 4. The van der Waals surface area contributed by atoms with E-state index in [0.29, 0.717) is 6.04 Å². The molecule has 2 N–H and O–H groups in total. The molecule has 1 aromatic carbocycles. The summed E-state index contributed by atoms with van der Waals surface area (Å²) in [5.41, 5.74) is 3.00. The summed E-state index contributed by atoms with van der Waals surface area (Å²) in [4.78, 5) is 0. The van der Waals surface area contributed by atoms with Crippen molar-refractivity contribution in [2.24, 2.45) is 0 Å². The summed E-state index contributed by atoms with van der Waals surface area (Å²) in [5.74, 6) is 0.819. The molecule has 0 spiro atoms. The highest BCUT2D eigenvalue weighted by Gasteiger charge is 2.26. The van der Waals surface area contributed by atoms with Gasteiger partial charge in [0.1, 0.15) is 0 Å². The van der Waals surface area contributed by atoms with E-state index in [1.54, 1.807) is 5.56 Å². The first-order chi connectivity index (χ1) is 8.83. The predicted octanol–water partition coefficient (Wildman–Crippen LogP) is 2.96. The van der Waals surface area contributed by atoms with Gasteiger partial charge in [-0.05, 0) is 55.6 Å². The minimum atomic E-state index is -0.0880. The molecule has 2 unspecified atom stereocenters. The van der Waals surface area contributed by atoms with Crippen LogP contribution in [-0.2, 0) is 6.54 Å². The molecule has 0 heterocycles. The lowest BCUT2D eigenvalue weighted by Crippen LogP contribution is -2.35. The van der Waals surface area contributed by atoms with Crippen molar-refractivity contribution in [3.63, 3.8) is 0 Å². The van der Waals surface area contributed by atoms with E-state index in [1.807, 2.05) is 0 Å². The summed E-state index contributed by atoms with van der Waals surface area (Å²) in [7, 11) is 0. The Hall–Kier alpha value is -0.860. The molecule has 0 amide bonds. The molecular formula is C16H23NO. The molecule has 2 heteroatoms. The topological polar surface area (TPSA) is 32.3 Å². The molecule has 2 aliphatic rings. The van der Waals surface area contributed by atoms with Gasteiger partial charge in [0, 0.05) is 12.6 Å². The zero-order valence-electron chi connectivity index (χ0n) is 10.9. The van der Waals surface area contributed by atoms with Crippen LogP contribution in [0.2, 0.25) is 0 Å². The summed E-state index contributed by atoms with van der Waals surface area (Å²) in [5, 5.41) is 13.3. The van der Waals surface area contributed by atoms with Gasteiger partial charge in [0.25, 0.3) is 0 Å². The van der Waals surface area contributed by atoms with Crippen LogP contribution in [-0.4, -0.2) is 17.3 Å². The SMILES string of the molecule is OC1CCCC(NCc2ccccc2C2CC2)C1. The number of benzene rings is 1. The predicted molar refractivity (Wildman–Crippen MR) is 73.5 cm³/mol. The monoisotopic (exact) mass is 245 g/mol. The number of nitrogens with one attached hydrogen (secondary N) is 1. The fourth-order valence-corrected chi connectivity index (χ4v) is 3.09. The molecule has 2 nitrogen and oxygen atoms in total. The molecule has 98 valence electrons. The molecule has 2 atom stereocenters. The van der Waals surface area contributed by atoms with Crippen LogP contribution < -0.4 is 5.32 Å². The van der Waals surface area contributed by atoms with E-state index in [0.717, 1.165) is 31.7 Å². The molecule has 1 aromatic rings. The van der Waals surface area contributed by atoms with Gasteiger partial charge in [0.05, 0.1) is 6.10 Å². The maximum absolute atomic E-state index is 9.69. The van der Waals surface area contributed by atoms with E-state index in [-0.39, 0.29) is 6.10 Å². The first-order valence-corrected chi connectivity index (χ1v) is 7.32. The quantitative estimate of drug-likeness (QED) is 0.855. The average molecular weight is 245 g/mol. The summed E-state index contributed by atoms with van der Waals surface area (Å²) >= 11 is 0. The second-order valence-electron chi connectivity index (χ2n) is 5.87. The smallest absolute Gasteiger partial charge is 0.0555 e. The van der Waals surface area contributed by atoms with Crippen molar-refractivity contribution in [2.75, 3.05) is 0 Å². The standard InChI is InChI=1S/C16H23NO/c18-15-6-3-5-14(10-15)17-11-13-4-1-2-7-16(13)12-8-9-12/h1-2,4,7,12,14-15,17-18H,3,5-6,8-11H2. The second kappa shape index (κ2) is 5.41. The third kappa shape index (κ3) is 2.93. The highest BCUT2D eigenvalue weighted by molar-refractivity contribution is 5.33. The lowest BCUT2D eigenvalue weighted by atomic mass is 9.92. The Morgan fingerprint density at radius 1 is 1.11 bits per heavy atom. The fourth-order valence-electron chi connectivity index (χ4n) is 3.09. The molecule has 0 saturated heterocycles. The highest BCUT2D eigenvalue weighted by Crippen LogP contribution is 2.41. The first-order valence-electron chi connectivity index (χ1n) is 7.32. The van der Waals surface area contributed by atoms with E-state index in [2.05, 4.69) is 29.6 Å². The Morgan fingerprint density at radius 3 is 2.72 bits per heavy atom. The van der Waals surface area contributed by atoms with Gasteiger partial charge in [0.2, 0.25) is 0 Å². The molecule has 0 bridgehead atoms. The Kier molecular flexibility index (Phi) is 3.67. The minimum absolute atomic E-state index is 0.0880. The van der Waals surface area contributed by atoms with Crippen LogP contribution in [0, 0.1) is 0 Å². The molecular weight excluding hydrogens is 222 g/mol. The van der Waals surface area contributed by atoms with Crippen LogP contribution in [0.5, 0.6) is 0 Å². The Morgan fingerprint density at radius 2 is 1.94 bits per heavy atom. The van der Waals surface area contributed by atoms with E-state index in [9.17, 15) is 5.11 Å². The maximum Gasteiger partial charge on any atom is 0.0555 e. The van der Waals surface area contributed by atoms with Gasteiger partial charge in [0.15, 0.2) is 0 Å². The molecule has 2 saturated carbocycles. The van der Waals surface area contributed by atoms with Gasteiger partial charge in [-0.15, -0.1) is 0 Å². The first kappa shape index (κ1) is 12.2. The number of aliphatic hydroxyl groups is 1. The van der Waals surface area contributed by atoms with Gasteiger partial charge in [-0.3, -0.25) is 0 Å². The Bertz CT molecular complexity index is 400. The summed E-state index contributed by atoms with van der Waals surface area (Å²) in [6.07, 6.45) is 6.90. The van der Waals surface area contributed by atoms with Gasteiger partial charge >= 0.3 is 0 Å². The van der Waals surface area contributed by atoms with Crippen LogP contribution in [0.3, 0.4) is 0 Å². The van der Waals surface area contributed by atoms with Crippen LogP contribution >= 0.6 is 0 Å². The third-order valence-electron chi connectivity index (χ3n) is 4.30. The molecule has 2 aliphatic carbocycles. The zero-order valence-corrected chi connectivity index (χ0v) is 10.9. The lowest BCUT2D eigenvalue weighted by Gasteiger charge is -2.27. The van der Waals surface area contributed by atoms with Crippen molar-refractivity contribution >= 4 is 0 Å². The molecule has 18 heavy (non-hydrogen) atoms. The van der Waals surface area contributed by atoms with Crippen LogP contribution in [0.25, 0.3) is 0 Å². The molecule has 0 aromatic heterocycles. The van der Waals surface area contributed by atoms with Gasteiger partial charge in [-0.1, -0.05) is 24.3 Å². The Labute approximate surface area is 109 Å². The fraction of sp³-hybridized carbons (Fsp3) is 0.625. The highest BCUT2D eigenvalue weighted by atomic mass is 16.3. The van der Waals surface area contributed by atoms with Crippen molar-refractivity contribution in [3.05, 3.63) is 35.4 Å². The maximum atomic E-state index is 9.69. The minimum Gasteiger partial charge on any atom is -0.393 e. The molecule has 0 aliphatic heterocycles. The van der Waals surface area contributed by atoms with Crippen LogP contribution in [0.15, 0.2) is 24.3 Å². The number of aliphatic hydroxyl groups excluding tert-OH is 1. The van der Waals surface area contributed by atoms with Crippen molar-refractivity contribution in [3.8, 4) is 0 Å². The van der Waals surface area contributed by atoms with E-state index in [1.165, 1.54) is 24.8 Å². The summed E-state index contributed by atoms with van der Waals surface area (Å²) in [6, 6.07) is 9.32. The summed E-state index contributed by atoms with van der Waals surface area (Å²) in [6.45, 7) is 0.962. The lowest BCUT2D eigenvalue weighted by molar-refractivity contribution is 0.111. The van der Waals surface area contributed by atoms with Crippen LogP contribution in [0.4, 0.5) is 0 Å². The molecule has 2 fully saturated rings. The van der Waals surface area contributed by atoms with E-state index >= 15 is 0 Å². The molecule has 0 radical (unpaired) electrons. The second-order valence-corrected chi connectivity index (χ2v) is 5.87. The van der Waals surface area contributed by atoms with E-state index in [4.69, 9.17) is 0 Å². The third-order valence-corrected chi connectivity index (χ3v) is 4.30. The van der Waals surface area contributed by atoms with Crippen molar-refractivity contribution in [1.82, 2.24) is 5.32 Å². The van der Waals surface area contributed by atoms with Crippen molar-refractivity contribution < 1.29 is 5.11 Å². The van der Waals surface area contributed by atoms with Gasteiger partial charge in [-0.2, -0.15) is 0 Å². The average Bonchev–Trinajstić information content (AvgIpc) is 3.21. The normalized spacial score (nSPS) is 28.3. The Balaban J connectivity index is 1.59. The number of hydrogen-bond acceptors (Lipinski definition) is 2.